The summed E-state index contributed by atoms with van der Waals surface area (Å²) in [7, 11) is 5.95. The Morgan fingerprint density at radius 1 is 1.00 bits per heavy atom. The van der Waals surface area contributed by atoms with E-state index >= 15 is 0 Å². The predicted octanol–water partition coefficient (Wildman–Crippen LogP) is 1.95. The lowest BCUT2D eigenvalue weighted by atomic mass is 9.99. The van der Waals surface area contributed by atoms with E-state index in [1.165, 1.54) is 0 Å². The van der Waals surface area contributed by atoms with Crippen molar-refractivity contribution in [2.75, 3.05) is 26.0 Å². The summed E-state index contributed by atoms with van der Waals surface area (Å²) in [4.78, 5) is 3.01. The molecular weight excluding hydrogens is 298 g/mol. The molecule has 4 nitrogen and oxygen atoms in total. The van der Waals surface area contributed by atoms with Crippen LogP contribution in [0.5, 0.6) is 0 Å². The second-order valence-electron chi connectivity index (χ2n) is 6.44. The average molecular weight is 324 g/mol. The molecule has 24 heavy (non-hydrogen) atoms. The number of benzene rings is 2. The Bertz CT molecular complexity index is 676. The highest BCUT2D eigenvalue weighted by atomic mass is 16.3. The number of aliphatic hydroxyl groups excluding tert-OH is 1. The van der Waals surface area contributed by atoms with Crippen molar-refractivity contribution >= 4 is 5.69 Å². The first-order chi connectivity index (χ1) is 11.5. The van der Waals surface area contributed by atoms with Crippen LogP contribution >= 0.6 is 0 Å². The van der Waals surface area contributed by atoms with Gasteiger partial charge in [-0.15, -0.1) is 0 Å². The van der Waals surface area contributed by atoms with Gasteiger partial charge in [0.05, 0.1) is 7.05 Å². The first kappa shape index (κ1) is 18.0. The normalized spacial score (nSPS) is 15.8. The maximum atomic E-state index is 10.6. The largest absolute Gasteiger partial charge is 0.382 e. The number of hydrogen-bond donors (Lipinski definition) is 2. The van der Waals surface area contributed by atoms with Crippen LogP contribution in [0.2, 0.25) is 0 Å². The monoisotopic (exact) mass is 324 g/mol. The van der Waals surface area contributed by atoms with Crippen LogP contribution < -0.4 is 9.80 Å². The minimum atomic E-state index is -0.608. The Balaban J connectivity index is 2.19. The van der Waals surface area contributed by atoms with Gasteiger partial charge in [0.2, 0.25) is 6.04 Å². The van der Waals surface area contributed by atoms with E-state index in [-0.39, 0.29) is 12.1 Å². The molecule has 0 aliphatic heterocycles. The molecule has 4 heteroatoms. The van der Waals surface area contributed by atoms with Crippen LogP contribution in [0, 0.1) is 11.3 Å². The van der Waals surface area contributed by atoms with Crippen LogP contribution in [0.25, 0.3) is 0 Å². The molecule has 0 amide bonds. The fraction of sp³-hybridized carbons (Fsp3) is 0.350. The minimum absolute atomic E-state index is 0.106. The lowest BCUT2D eigenvalue weighted by Gasteiger charge is -2.29. The van der Waals surface area contributed by atoms with Gasteiger partial charge in [-0.05, 0) is 36.8 Å². The molecule has 0 saturated heterocycles. The van der Waals surface area contributed by atoms with Gasteiger partial charge in [0.15, 0.2) is 0 Å². The molecule has 0 saturated carbocycles. The number of nitrogens with zero attached hydrogens (tertiary/aromatic N) is 2. The molecule has 0 spiro atoms. The third kappa shape index (κ3) is 3.94. The van der Waals surface area contributed by atoms with Crippen molar-refractivity contribution in [3.05, 3.63) is 65.7 Å². The summed E-state index contributed by atoms with van der Waals surface area (Å²) in [5.74, 6) is 0. The molecular formula is C20H26N3O+. The van der Waals surface area contributed by atoms with E-state index in [2.05, 4.69) is 6.07 Å². The van der Waals surface area contributed by atoms with Gasteiger partial charge in [0.1, 0.15) is 18.2 Å². The smallest absolute Gasteiger partial charge is 0.200 e. The number of quaternary nitrogens is 1. The van der Waals surface area contributed by atoms with Crippen molar-refractivity contribution in [2.24, 2.45) is 0 Å². The lowest BCUT2D eigenvalue weighted by Crippen LogP contribution is -3.13. The average Bonchev–Trinajstić information content (AvgIpc) is 2.62. The van der Waals surface area contributed by atoms with Gasteiger partial charge in [0.25, 0.3) is 0 Å². The predicted molar refractivity (Wildman–Crippen MR) is 96.9 cm³/mol. The van der Waals surface area contributed by atoms with Crippen molar-refractivity contribution < 1.29 is 10.0 Å². The van der Waals surface area contributed by atoms with E-state index < -0.39 is 6.10 Å². The standard InChI is InChI=1S/C20H25N3O/c1-15(20(24)17-8-6-5-7-9-17)23(4)19(14-21)16-10-12-18(13-11-16)22(2)3/h5-13,15,19-20,24H,1-4H3/p+1/t15-,19+,20+/m1/s1. The molecule has 4 atom stereocenters. The second kappa shape index (κ2) is 7.96. The van der Waals surface area contributed by atoms with Crippen LogP contribution in [0.3, 0.4) is 0 Å². The molecule has 1 unspecified atom stereocenters. The fourth-order valence-corrected chi connectivity index (χ4v) is 2.85. The number of hydrogen-bond acceptors (Lipinski definition) is 3. The third-order valence-electron chi connectivity index (χ3n) is 4.66. The summed E-state index contributed by atoms with van der Waals surface area (Å²) >= 11 is 0. The van der Waals surface area contributed by atoms with E-state index in [9.17, 15) is 10.4 Å². The first-order valence-corrected chi connectivity index (χ1v) is 8.19. The highest BCUT2D eigenvalue weighted by Gasteiger charge is 2.30. The van der Waals surface area contributed by atoms with E-state index in [0.717, 1.165) is 21.7 Å². The zero-order valence-corrected chi connectivity index (χ0v) is 14.8. The number of nitriles is 1. The zero-order chi connectivity index (χ0) is 17.7. The molecule has 2 rings (SSSR count). The van der Waals surface area contributed by atoms with E-state index in [1.807, 2.05) is 87.6 Å². The molecule has 0 aliphatic carbocycles. The van der Waals surface area contributed by atoms with Gasteiger partial charge >= 0.3 is 0 Å². The second-order valence-corrected chi connectivity index (χ2v) is 6.44. The van der Waals surface area contributed by atoms with Crippen molar-refractivity contribution in [3.8, 4) is 6.07 Å². The number of likely N-dealkylation sites (N-methyl/N-ethyl adjacent to an activating group) is 1. The Hall–Kier alpha value is -2.35. The molecule has 2 N–H and O–H groups in total. The van der Waals surface area contributed by atoms with Crippen molar-refractivity contribution in [2.45, 2.75) is 25.1 Å². The zero-order valence-electron chi connectivity index (χ0n) is 14.8. The molecule has 0 heterocycles. The van der Waals surface area contributed by atoms with Crippen LogP contribution in [-0.2, 0) is 0 Å². The Labute approximate surface area is 144 Å². The molecule has 0 fully saturated rings. The Kier molecular flexibility index (Phi) is 5.97. The molecule has 0 bridgehead atoms. The molecule has 0 aliphatic rings. The van der Waals surface area contributed by atoms with Gasteiger partial charge in [-0.25, -0.2) is 0 Å². The Morgan fingerprint density at radius 3 is 2.08 bits per heavy atom. The highest BCUT2D eigenvalue weighted by molar-refractivity contribution is 5.46. The van der Waals surface area contributed by atoms with E-state index in [1.54, 1.807) is 0 Å². The third-order valence-corrected chi connectivity index (χ3v) is 4.66. The SMILES string of the molecule is C[C@H]([C@H](O)c1ccccc1)[NH+](C)[C@@H](C#N)c1ccc(N(C)C)cc1. The molecule has 0 radical (unpaired) electrons. The summed E-state index contributed by atoms with van der Waals surface area (Å²) in [6.45, 7) is 1.98. The maximum Gasteiger partial charge on any atom is 0.200 e. The first-order valence-electron chi connectivity index (χ1n) is 8.19. The molecule has 0 aromatic heterocycles. The van der Waals surface area contributed by atoms with Gasteiger partial charge in [0, 0.05) is 25.3 Å². The Morgan fingerprint density at radius 2 is 1.58 bits per heavy atom. The summed E-state index contributed by atoms with van der Waals surface area (Å²) in [6.07, 6.45) is -0.608. The number of anilines is 1. The van der Waals surface area contributed by atoms with E-state index in [4.69, 9.17) is 0 Å². The van der Waals surface area contributed by atoms with Crippen LogP contribution in [-0.4, -0.2) is 32.3 Å². The highest BCUT2D eigenvalue weighted by Crippen LogP contribution is 2.19. The van der Waals surface area contributed by atoms with Crippen molar-refractivity contribution in [3.63, 3.8) is 0 Å². The maximum absolute atomic E-state index is 10.6. The molecule has 126 valence electrons. The van der Waals surface area contributed by atoms with Gasteiger partial charge in [-0.2, -0.15) is 5.26 Å². The summed E-state index contributed by atoms with van der Waals surface area (Å²) in [5.41, 5.74) is 2.95. The number of nitrogens with one attached hydrogen (secondary N) is 1. The number of rotatable bonds is 6. The topological polar surface area (TPSA) is 51.7 Å². The van der Waals surface area contributed by atoms with Crippen LogP contribution in [0.15, 0.2) is 54.6 Å². The summed E-state index contributed by atoms with van der Waals surface area (Å²) in [5, 5.41) is 20.3. The van der Waals surface area contributed by atoms with Crippen molar-refractivity contribution in [1.29, 1.82) is 5.26 Å². The molecule has 2 aromatic rings. The lowest BCUT2D eigenvalue weighted by molar-refractivity contribution is -0.931. The van der Waals surface area contributed by atoms with Crippen LogP contribution in [0.1, 0.15) is 30.2 Å². The van der Waals surface area contributed by atoms with Crippen LogP contribution in [0.4, 0.5) is 5.69 Å². The summed E-state index contributed by atoms with van der Waals surface area (Å²) in [6, 6.07) is 19.6. The summed E-state index contributed by atoms with van der Waals surface area (Å²) < 4.78 is 0. The van der Waals surface area contributed by atoms with Gasteiger partial charge in [-0.3, -0.25) is 0 Å². The fourth-order valence-electron chi connectivity index (χ4n) is 2.85. The van der Waals surface area contributed by atoms with Crippen molar-refractivity contribution in [1.82, 2.24) is 0 Å². The van der Waals surface area contributed by atoms with Gasteiger partial charge < -0.3 is 14.9 Å². The quantitative estimate of drug-likeness (QED) is 0.854. The van der Waals surface area contributed by atoms with E-state index in [0.29, 0.717) is 0 Å². The molecule has 2 aromatic carbocycles. The number of aliphatic hydroxyl groups is 1. The minimum Gasteiger partial charge on any atom is -0.382 e. The van der Waals surface area contributed by atoms with Gasteiger partial charge in [-0.1, -0.05) is 30.3 Å².